The molecule has 2 heterocycles. The van der Waals surface area contributed by atoms with Crippen LogP contribution in [0.3, 0.4) is 0 Å². The van der Waals surface area contributed by atoms with Crippen LogP contribution in [0.5, 0.6) is 0 Å². The maximum atomic E-state index is 13.3. The first-order chi connectivity index (χ1) is 14.6. The third kappa shape index (κ3) is 3.67. The topological polar surface area (TPSA) is 93.5 Å². The summed E-state index contributed by atoms with van der Waals surface area (Å²) >= 11 is 0. The molecule has 0 aliphatic carbocycles. The Kier molecular flexibility index (Phi) is 5.30. The Morgan fingerprint density at radius 3 is 2.20 bits per heavy atom. The summed E-state index contributed by atoms with van der Waals surface area (Å²) in [6.45, 7) is 0.591. The van der Waals surface area contributed by atoms with E-state index < -0.39 is 23.8 Å². The van der Waals surface area contributed by atoms with Gasteiger partial charge in [-0.15, -0.1) is 0 Å². The van der Waals surface area contributed by atoms with E-state index in [4.69, 9.17) is 4.74 Å². The molecule has 0 radical (unpaired) electrons. The molecule has 4 rings (SSSR count). The van der Waals surface area contributed by atoms with Crippen molar-refractivity contribution in [1.29, 1.82) is 0 Å². The number of rotatable bonds is 5. The second-order valence-corrected chi connectivity index (χ2v) is 6.87. The lowest BCUT2D eigenvalue weighted by Crippen LogP contribution is -2.51. The normalized spacial score (nSPS) is 15.9. The number of esters is 1. The first kappa shape index (κ1) is 19.4. The van der Waals surface area contributed by atoms with Crippen molar-refractivity contribution in [1.82, 2.24) is 14.9 Å². The molecule has 8 heteroatoms. The number of hydrogen-bond acceptors (Lipinski definition) is 5. The highest BCUT2D eigenvalue weighted by Crippen LogP contribution is 2.27. The Hall–Kier alpha value is -3.94. The van der Waals surface area contributed by atoms with Gasteiger partial charge in [-0.2, -0.15) is 0 Å². The maximum Gasteiger partial charge on any atom is 0.338 e. The monoisotopic (exact) mass is 404 g/mol. The molecule has 1 N–H and O–H groups in total. The summed E-state index contributed by atoms with van der Waals surface area (Å²) in [7, 11) is 1.18. The Labute approximate surface area is 173 Å². The molecule has 1 aromatic heterocycles. The zero-order chi connectivity index (χ0) is 21.1. The lowest BCUT2D eigenvalue weighted by Gasteiger charge is -2.25. The fourth-order valence-corrected chi connectivity index (χ4v) is 3.43. The Balaban J connectivity index is 1.80. The van der Waals surface area contributed by atoms with Gasteiger partial charge >= 0.3 is 5.97 Å². The van der Waals surface area contributed by atoms with E-state index in [1.54, 1.807) is 4.57 Å². The number of fused-ring (bicyclic) bond motifs is 1. The zero-order valence-electron chi connectivity index (χ0n) is 16.3. The Morgan fingerprint density at radius 1 is 1.00 bits per heavy atom. The molecular weight excluding hydrogens is 384 g/mol. The summed E-state index contributed by atoms with van der Waals surface area (Å²) in [6.07, 6.45) is 1.53. The highest BCUT2D eigenvalue weighted by molar-refractivity contribution is 6.16. The third-order valence-corrected chi connectivity index (χ3v) is 4.89. The fourth-order valence-electron chi connectivity index (χ4n) is 3.43. The Bertz CT molecular complexity index is 1080. The Morgan fingerprint density at radius 2 is 1.60 bits per heavy atom. The summed E-state index contributed by atoms with van der Waals surface area (Å²) in [5, 5.41) is 2.45. The van der Waals surface area contributed by atoms with Crippen LogP contribution in [0.15, 0.2) is 67.0 Å². The van der Waals surface area contributed by atoms with Crippen LogP contribution in [0, 0.1) is 0 Å². The highest BCUT2D eigenvalue weighted by atomic mass is 16.5. The number of anilines is 1. The first-order valence-electron chi connectivity index (χ1n) is 9.41. The number of carbonyl (C=O) groups is 3. The van der Waals surface area contributed by atoms with Gasteiger partial charge in [-0.3, -0.25) is 14.5 Å². The van der Waals surface area contributed by atoms with Gasteiger partial charge in [0.2, 0.25) is 6.04 Å². The smallest absolute Gasteiger partial charge is 0.338 e. The number of nitrogens with zero attached hydrogens (tertiary/aromatic N) is 3. The molecule has 0 spiro atoms. The predicted molar refractivity (Wildman–Crippen MR) is 109 cm³/mol. The lowest BCUT2D eigenvalue weighted by molar-refractivity contribution is -0.146. The van der Waals surface area contributed by atoms with E-state index in [9.17, 15) is 14.4 Å². The molecule has 1 atom stereocenters. The van der Waals surface area contributed by atoms with Gasteiger partial charge in [0.15, 0.2) is 5.69 Å². The van der Waals surface area contributed by atoms with Gasteiger partial charge in [-0.1, -0.05) is 60.7 Å². The second-order valence-electron chi connectivity index (χ2n) is 6.87. The van der Waals surface area contributed by atoms with Crippen molar-refractivity contribution in [2.45, 2.75) is 19.1 Å². The van der Waals surface area contributed by atoms with Gasteiger partial charge in [-0.25, -0.2) is 9.78 Å². The van der Waals surface area contributed by atoms with Gasteiger partial charge in [0.05, 0.1) is 26.5 Å². The van der Waals surface area contributed by atoms with Crippen molar-refractivity contribution in [2.75, 3.05) is 12.0 Å². The molecule has 1 aliphatic heterocycles. The predicted octanol–water partition coefficient (Wildman–Crippen LogP) is 1.75. The van der Waals surface area contributed by atoms with Gasteiger partial charge in [0, 0.05) is 0 Å². The van der Waals surface area contributed by atoms with Crippen LogP contribution in [0.4, 0.5) is 5.82 Å². The minimum Gasteiger partial charge on any atom is -0.467 e. The van der Waals surface area contributed by atoms with E-state index in [0.717, 1.165) is 11.1 Å². The van der Waals surface area contributed by atoms with E-state index in [2.05, 4.69) is 10.3 Å². The summed E-state index contributed by atoms with van der Waals surface area (Å²) in [5.74, 6) is -1.66. The van der Waals surface area contributed by atoms with Crippen molar-refractivity contribution >= 4 is 23.6 Å². The van der Waals surface area contributed by atoms with E-state index in [1.807, 2.05) is 60.7 Å². The number of benzene rings is 2. The number of carbonyl (C=O) groups excluding carboxylic acids is 3. The zero-order valence-corrected chi connectivity index (χ0v) is 16.3. The van der Waals surface area contributed by atoms with Gasteiger partial charge in [-0.05, 0) is 11.1 Å². The highest BCUT2D eigenvalue weighted by Gasteiger charge is 2.41. The molecule has 152 valence electrons. The molecule has 0 fully saturated rings. The first-order valence-corrected chi connectivity index (χ1v) is 9.41. The number of hydrogen-bond donors (Lipinski definition) is 1. The van der Waals surface area contributed by atoms with Crippen LogP contribution in [0.1, 0.15) is 21.6 Å². The van der Waals surface area contributed by atoms with Crippen molar-refractivity contribution in [3.63, 3.8) is 0 Å². The molecule has 1 aliphatic rings. The molecular formula is C22H20N4O4. The number of nitrogens with one attached hydrogen (secondary N) is 1. The maximum absolute atomic E-state index is 13.3. The average molecular weight is 404 g/mol. The van der Waals surface area contributed by atoms with Crippen molar-refractivity contribution < 1.29 is 19.1 Å². The summed E-state index contributed by atoms with van der Waals surface area (Å²) in [6, 6.07) is 17.5. The number of methoxy groups -OCH3 is 1. The summed E-state index contributed by atoms with van der Waals surface area (Å²) in [4.78, 5) is 44.0. The standard InChI is InChI=1S/C22H20N4O4/c1-30-22(29)18-21(28)26(13-16-10-6-3-7-11-16)20-17(19(27)24-18)23-14-25(20)12-15-8-4-2-5-9-15/h2-11,14,18H,12-13H2,1H3,(H,24,27). The molecule has 8 nitrogen and oxygen atoms in total. The lowest BCUT2D eigenvalue weighted by atomic mass is 10.2. The summed E-state index contributed by atoms with van der Waals surface area (Å²) in [5.41, 5.74) is 1.92. The van der Waals surface area contributed by atoms with Crippen molar-refractivity contribution in [2.24, 2.45) is 0 Å². The third-order valence-electron chi connectivity index (χ3n) is 4.89. The number of ether oxygens (including phenoxy) is 1. The molecule has 0 bridgehead atoms. The van der Waals surface area contributed by atoms with Crippen LogP contribution in [-0.2, 0) is 27.4 Å². The van der Waals surface area contributed by atoms with Crippen LogP contribution in [-0.4, -0.2) is 40.5 Å². The molecule has 0 saturated carbocycles. The minimum absolute atomic E-state index is 0.0848. The van der Waals surface area contributed by atoms with Crippen molar-refractivity contribution in [3.05, 3.63) is 83.8 Å². The number of aromatic nitrogens is 2. The molecule has 1 unspecified atom stereocenters. The van der Waals surface area contributed by atoms with Crippen LogP contribution < -0.4 is 10.2 Å². The van der Waals surface area contributed by atoms with E-state index in [-0.39, 0.29) is 12.2 Å². The largest absolute Gasteiger partial charge is 0.467 e. The number of imidazole rings is 1. The van der Waals surface area contributed by atoms with Crippen LogP contribution in [0.25, 0.3) is 0 Å². The van der Waals surface area contributed by atoms with E-state index >= 15 is 0 Å². The van der Waals surface area contributed by atoms with Crippen molar-refractivity contribution in [3.8, 4) is 0 Å². The molecule has 3 aromatic rings. The van der Waals surface area contributed by atoms with E-state index in [0.29, 0.717) is 12.4 Å². The van der Waals surface area contributed by atoms with Crippen LogP contribution >= 0.6 is 0 Å². The fraction of sp³-hybridized carbons (Fsp3) is 0.182. The SMILES string of the molecule is COC(=O)C1NC(=O)c2ncn(Cc3ccccc3)c2N(Cc2ccccc2)C1=O. The summed E-state index contributed by atoms with van der Waals surface area (Å²) < 4.78 is 6.48. The average Bonchev–Trinajstić information content (AvgIpc) is 3.15. The van der Waals surface area contributed by atoms with Gasteiger partial charge < -0.3 is 14.6 Å². The van der Waals surface area contributed by atoms with E-state index in [1.165, 1.54) is 18.3 Å². The molecule has 0 saturated heterocycles. The minimum atomic E-state index is -1.44. The molecule has 30 heavy (non-hydrogen) atoms. The quantitative estimate of drug-likeness (QED) is 0.517. The van der Waals surface area contributed by atoms with Crippen LogP contribution in [0.2, 0.25) is 0 Å². The number of amides is 2. The van der Waals surface area contributed by atoms with Gasteiger partial charge in [0.1, 0.15) is 5.82 Å². The molecule has 2 aromatic carbocycles. The second kappa shape index (κ2) is 8.20. The molecule has 2 amide bonds. The van der Waals surface area contributed by atoms with Gasteiger partial charge in [0.25, 0.3) is 11.8 Å².